The van der Waals surface area contributed by atoms with Crippen molar-refractivity contribution in [1.82, 2.24) is 9.80 Å². The van der Waals surface area contributed by atoms with E-state index in [1.165, 1.54) is 11.1 Å². The summed E-state index contributed by atoms with van der Waals surface area (Å²) < 4.78 is 0. The molecular formula is C20H24N3O3S+. The lowest BCUT2D eigenvalue weighted by Gasteiger charge is -2.20. The number of aryl methyl sites for hydroxylation is 2. The first kappa shape index (κ1) is 19.3. The zero-order valence-electron chi connectivity index (χ0n) is 15.8. The number of rotatable bonds is 7. The fourth-order valence-corrected chi connectivity index (χ4v) is 3.96. The molecule has 1 atom stereocenters. The molecule has 2 aromatic rings. The molecule has 0 aliphatic carbocycles. The number of hydrogen-bond acceptors (Lipinski definition) is 4. The van der Waals surface area contributed by atoms with E-state index in [9.17, 15) is 14.4 Å². The van der Waals surface area contributed by atoms with Crippen LogP contribution in [0.3, 0.4) is 0 Å². The molecule has 1 aromatic carbocycles. The van der Waals surface area contributed by atoms with Crippen LogP contribution in [0.2, 0.25) is 0 Å². The maximum Gasteiger partial charge on any atom is 0.338 e. The molecule has 0 saturated carbocycles. The van der Waals surface area contributed by atoms with Crippen LogP contribution >= 0.6 is 11.3 Å². The number of hydrogen-bond donors (Lipinski definition) is 1. The molecule has 3 rings (SSSR count). The summed E-state index contributed by atoms with van der Waals surface area (Å²) in [5, 5.41) is 1.95. The zero-order chi connectivity index (χ0) is 19.6. The molecule has 27 heavy (non-hydrogen) atoms. The van der Waals surface area contributed by atoms with Crippen LogP contribution in [0.5, 0.6) is 0 Å². The molecule has 0 spiro atoms. The Morgan fingerprint density at radius 1 is 1.04 bits per heavy atom. The number of carbonyl (C=O) groups is 3. The lowest BCUT2D eigenvalue weighted by Crippen LogP contribution is -3.09. The summed E-state index contributed by atoms with van der Waals surface area (Å²) >= 11 is 1.57. The van der Waals surface area contributed by atoms with E-state index >= 15 is 0 Å². The SMILES string of the molecule is Cc1ccc(C[NH+](C)CN2C(=O)C(=O)N(CCc3cccs3)C2=O)c(C)c1. The summed E-state index contributed by atoms with van der Waals surface area (Å²) in [6.45, 7) is 5.18. The molecule has 1 aliphatic heterocycles. The Balaban J connectivity index is 1.62. The third-order valence-corrected chi connectivity index (χ3v) is 5.65. The molecule has 6 nitrogen and oxygen atoms in total. The summed E-state index contributed by atoms with van der Waals surface area (Å²) in [5.41, 5.74) is 3.55. The Labute approximate surface area is 163 Å². The van der Waals surface area contributed by atoms with E-state index in [1.54, 1.807) is 11.3 Å². The van der Waals surface area contributed by atoms with Gasteiger partial charge in [0.2, 0.25) is 0 Å². The standard InChI is InChI=1S/C20H23N3O3S/c1-14-6-7-16(15(2)11-14)12-21(3)13-23-19(25)18(24)22(20(23)26)9-8-17-5-4-10-27-17/h4-7,10-11H,8-9,12-13H2,1-3H3/p+1. The first-order valence-electron chi connectivity index (χ1n) is 8.94. The van der Waals surface area contributed by atoms with Crippen molar-refractivity contribution in [3.8, 4) is 0 Å². The highest BCUT2D eigenvalue weighted by atomic mass is 32.1. The van der Waals surface area contributed by atoms with Gasteiger partial charge < -0.3 is 4.90 Å². The highest BCUT2D eigenvalue weighted by Crippen LogP contribution is 2.15. The van der Waals surface area contributed by atoms with Gasteiger partial charge in [0, 0.05) is 23.4 Å². The second-order valence-corrected chi connectivity index (χ2v) is 8.06. The number of quaternary nitrogens is 1. The van der Waals surface area contributed by atoms with Gasteiger partial charge in [0.1, 0.15) is 6.54 Å². The maximum absolute atomic E-state index is 12.6. The Morgan fingerprint density at radius 3 is 2.44 bits per heavy atom. The van der Waals surface area contributed by atoms with Gasteiger partial charge in [-0.2, -0.15) is 0 Å². The van der Waals surface area contributed by atoms with Crippen molar-refractivity contribution in [2.24, 2.45) is 0 Å². The van der Waals surface area contributed by atoms with Crippen LogP contribution in [-0.4, -0.2) is 47.9 Å². The number of imide groups is 2. The van der Waals surface area contributed by atoms with Crippen LogP contribution in [0.1, 0.15) is 21.6 Å². The van der Waals surface area contributed by atoms with Crippen LogP contribution in [-0.2, 0) is 22.6 Å². The second-order valence-electron chi connectivity index (χ2n) is 7.02. The Bertz CT molecular complexity index is 863. The van der Waals surface area contributed by atoms with Crippen molar-refractivity contribution in [3.05, 3.63) is 57.3 Å². The molecule has 1 aromatic heterocycles. The quantitative estimate of drug-likeness (QED) is 0.578. The Hall–Kier alpha value is -2.51. The van der Waals surface area contributed by atoms with Crippen molar-refractivity contribution in [2.75, 3.05) is 20.3 Å². The van der Waals surface area contributed by atoms with Crippen LogP contribution < -0.4 is 4.90 Å². The molecule has 4 amide bonds. The van der Waals surface area contributed by atoms with E-state index < -0.39 is 17.8 Å². The minimum Gasteiger partial charge on any atom is -0.316 e. The minimum absolute atomic E-state index is 0.173. The van der Waals surface area contributed by atoms with Crippen molar-refractivity contribution >= 4 is 29.2 Å². The molecule has 1 N–H and O–H groups in total. The lowest BCUT2D eigenvalue weighted by atomic mass is 10.1. The third kappa shape index (κ3) is 4.26. The van der Waals surface area contributed by atoms with Crippen LogP contribution in [0.15, 0.2) is 35.7 Å². The van der Waals surface area contributed by atoms with Crippen molar-refractivity contribution in [1.29, 1.82) is 0 Å². The smallest absolute Gasteiger partial charge is 0.316 e. The van der Waals surface area contributed by atoms with E-state index in [0.29, 0.717) is 13.0 Å². The summed E-state index contributed by atoms with van der Waals surface area (Å²) in [5.74, 6) is -1.46. The van der Waals surface area contributed by atoms with Crippen LogP contribution in [0.4, 0.5) is 4.79 Å². The number of nitrogens with zero attached hydrogens (tertiary/aromatic N) is 2. The molecule has 1 aliphatic rings. The van der Waals surface area contributed by atoms with Gasteiger partial charge in [-0.25, -0.2) is 9.69 Å². The molecule has 0 radical (unpaired) electrons. The zero-order valence-corrected chi connectivity index (χ0v) is 16.6. The molecule has 1 saturated heterocycles. The highest BCUT2D eigenvalue weighted by molar-refractivity contribution is 7.09. The normalized spacial score (nSPS) is 15.7. The number of benzene rings is 1. The average molecular weight is 386 g/mol. The summed E-state index contributed by atoms with van der Waals surface area (Å²) in [4.78, 5) is 41.3. The largest absolute Gasteiger partial charge is 0.338 e. The van der Waals surface area contributed by atoms with Gasteiger partial charge >= 0.3 is 17.8 Å². The third-order valence-electron chi connectivity index (χ3n) is 4.72. The first-order chi connectivity index (χ1) is 12.9. The molecular weight excluding hydrogens is 362 g/mol. The number of amides is 4. The molecule has 0 bridgehead atoms. The number of thiophene rings is 1. The highest BCUT2D eigenvalue weighted by Gasteiger charge is 2.45. The van der Waals surface area contributed by atoms with Gasteiger partial charge in [-0.15, -0.1) is 11.3 Å². The summed E-state index contributed by atoms with van der Waals surface area (Å²) in [6, 6.07) is 9.61. The molecule has 7 heteroatoms. The minimum atomic E-state index is -0.730. The van der Waals surface area contributed by atoms with E-state index in [0.717, 1.165) is 25.1 Å². The fraction of sp³-hybridized carbons (Fsp3) is 0.350. The van der Waals surface area contributed by atoms with Crippen molar-refractivity contribution < 1.29 is 19.3 Å². The van der Waals surface area contributed by atoms with Crippen LogP contribution in [0, 0.1) is 13.8 Å². The predicted molar refractivity (Wildman–Crippen MR) is 103 cm³/mol. The predicted octanol–water partition coefficient (Wildman–Crippen LogP) is 1.37. The second kappa shape index (κ2) is 8.02. The number of urea groups is 1. The van der Waals surface area contributed by atoms with Gasteiger partial charge in [-0.3, -0.25) is 14.5 Å². The van der Waals surface area contributed by atoms with Crippen molar-refractivity contribution in [2.45, 2.75) is 26.8 Å². The molecule has 2 heterocycles. The maximum atomic E-state index is 12.6. The van der Waals surface area contributed by atoms with E-state index in [4.69, 9.17) is 0 Å². The lowest BCUT2D eigenvalue weighted by molar-refractivity contribution is -0.901. The monoisotopic (exact) mass is 386 g/mol. The van der Waals surface area contributed by atoms with Crippen molar-refractivity contribution in [3.63, 3.8) is 0 Å². The number of carbonyl (C=O) groups excluding carboxylic acids is 3. The van der Waals surface area contributed by atoms with Gasteiger partial charge in [0.15, 0.2) is 6.67 Å². The van der Waals surface area contributed by atoms with Crippen LogP contribution in [0.25, 0.3) is 0 Å². The van der Waals surface area contributed by atoms with Gasteiger partial charge in [0.25, 0.3) is 0 Å². The van der Waals surface area contributed by atoms with Gasteiger partial charge in [-0.05, 0) is 30.9 Å². The van der Waals surface area contributed by atoms with Gasteiger partial charge in [-0.1, -0.05) is 29.8 Å². The summed E-state index contributed by atoms with van der Waals surface area (Å²) in [7, 11) is 1.92. The van der Waals surface area contributed by atoms with Gasteiger partial charge in [0.05, 0.1) is 7.05 Å². The molecule has 1 unspecified atom stereocenters. The Kier molecular flexibility index (Phi) is 5.72. The Morgan fingerprint density at radius 2 is 1.78 bits per heavy atom. The van der Waals surface area contributed by atoms with E-state index in [-0.39, 0.29) is 13.2 Å². The molecule has 142 valence electrons. The van der Waals surface area contributed by atoms with E-state index in [2.05, 4.69) is 25.1 Å². The summed E-state index contributed by atoms with van der Waals surface area (Å²) in [6.07, 6.45) is 0.571. The fourth-order valence-electron chi connectivity index (χ4n) is 3.26. The average Bonchev–Trinajstić information content (AvgIpc) is 3.20. The first-order valence-corrected chi connectivity index (χ1v) is 9.82. The van der Waals surface area contributed by atoms with E-state index in [1.807, 2.05) is 31.5 Å². The number of nitrogens with one attached hydrogen (secondary N) is 1. The molecule has 1 fully saturated rings. The topological polar surface area (TPSA) is 62.1 Å².